The molecule has 0 fully saturated rings. The lowest BCUT2D eigenvalue weighted by Gasteiger charge is -2.12. The highest BCUT2D eigenvalue weighted by molar-refractivity contribution is 5.92. The standard InChI is InChI=1S/C21H21N3O2/c1-16-22-13-14-24(16)19-9-5-3-8-18(19)15-23-21(25)12-11-17-7-4-6-10-20(17)26-2/h3-14H,15H2,1-2H3,(H,23,25)/b12-11+. The molecule has 1 N–H and O–H groups in total. The van der Waals surface area contributed by atoms with Crippen LogP contribution in [0.15, 0.2) is 67.0 Å². The zero-order valence-corrected chi connectivity index (χ0v) is 14.8. The second-order valence-corrected chi connectivity index (χ2v) is 5.77. The predicted molar refractivity (Wildman–Crippen MR) is 102 cm³/mol. The average molecular weight is 347 g/mol. The first-order valence-electron chi connectivity index (χ1n) is 8.36. The summed E-state index contributed by atoms with van der Waals surface area (Å²) in [6.07, 6.45) is 6.95. The Hall–Kier alpha value is -3.34. The van der Waals surface area contributed by atoms with Crippen LogP contribution in [0.5, 0.6) is 5.75 Å². The number of imidazole rings is 1. The molecule has 3 aromatic rings. The second-order valence-electron chi connectivity index (χ2n) is 5.77. The van der Waals surface area contributed by atoms with Gasteiger partial charge in [-0.15, -0.1) is 0 Å². The van der Waals surface area contributed by atoms with E-state index in [0.29, 0.717) is 6.54 Å². The molecule has 1 aromatic heterocycles. The van der Waals surface area contributed by atoms with Gasteiger partial charge < -0.3 is 14.6 Å². The topological polar surface area (TPSA) is 56.1 Å². The number of hydrogen-bond acceptors (Lipinski definition) is 3. The highest BCUT2D eigenvalue weighted by Crippen LogP contribution is 2.19. The van der Waals surface area contributed by atoms with Gasteiger partial charge in [0.05, 0.1) is 12.8 Å². The first-order valence-corrected chi connectivity index (χ1v) is 8.36. The molecule has 0 saturated carbocycles. The normalized spacial score (nSPS) is 10.8. The van der Waals surface area contributed by atoms with Crippen LogP contribution in [0.4, 0.5) is 0 Å². The van der Waals surface area contributed by atoms with E-state index in [4.69, 9.17) is 4.74 Å². The number of carbonyl (C=O) groups excluding carboxylic acids is 1. The molecule has 3 rings (SSSR count). The number of ether oxygens (including phenoxy) is 1. The summed E-state index contributed by atoms with van der Waals surface area (Å²) in [6.45, 7) is 2.38. The molecular weight excluding hydrogens is 326 g/mol. The van der Waals surface area contributed by atoms with Gasteiger partial charge in [-0.1, -0.05) is 36.4 Å². The maximum absolute atomic E-state index is 12.2. The van der Waals surface area contributed by atoms with Gasteiger partial charge in [0.15, 0.2) is 0 Å². The van der Waals surface area contributed by atoms with Crippen LogP contribution in [0.2, 0.25) is 0 Å². The number of nitrogens with one attached hydrogen (secondary N) is 1. The lowest BCUT2D eigenvalue weighted by atomic mass is 10.1. The van der Waals surface area contributed by atoms with Crippen LogP contribution < -0.4 is 10.1 Å². The SMILES string of the molecule is COc1ccccc1/C=C/C(=O)NCc1ccccc1-n1ccnc1C. The van der Waals surface area contributed by atoms with E-state index in [1.165, 1.54) is 6.08 Å². The molecule has 0 aliphatic heterocycles. The molecule has 5 nitrogen and oxygen atoms in total. The summed E-state index contributed by atoms with van der Waals surface area (Å²) in [6, 6.07) is 15.5. The summed E-state index contributed by atoms with van der Waals surface area (Å²) >= 11 is 0. The Labute approximate surface area is 153 Å². The highest BCUT2D eigenvalue weighted by atomic mass is 16.5. The molecule has 0 saturated heterocycles. The minimum Gasteiger partial charge on any atom is -0.496 e. The van der Waals surface area contributed by atoms with Crippen LogP contribution in [0.25, 0.3) is 11.8 Å². The van der Waals surface area contributed by atoms with Crippen molar-refractivity contribution >= 4 is 12.0 Å². The van der Waals surface area contributed by atoms with Crippen molar-refractivity contribution in [2.45, 2.75) is 13.5 Å². The molecule has 0 aliphatic rings. The molecule has 26 heavy (non-hydrogen) atoms. The summed E-state index contributed by atoms with van der Waals surface area (Å²) in [4.78, 5) is 16.5. The summed E-state index contributed by atoms with van der Waals surface area (Å²) in [5.41, 5.74) is 2.89. The lowest BCUT2D eigenvalue weighted by molar-refractivity contribution is -0.116. The van der Waals surface area contributed by atoms with Crippen molar-refractivity contribution in [2.75, 3.05) is 7.11 Å². The number of carbonyl (C=O) groups is 1. The molecular formula is C21H21N3O2. The third-order valence-electron chi connectivity index (χ3n) is 4.08. The van der Waals surface area contributed by atoms with Crippen LogP contribution in [0, 0.1) is 6.92 Å². The third-order valence-corrected chi connectivity index (χ3v) is 4.08. The molecule has 0 aliphatic carbocycles. The fourth-order valence-electron chi connectivity index (χ4n) is 2.74. The van der Waals surface area contributed by atoms with E-state index in [9.17, 15) is 4.79 Å². The van der Waals surface area contributed by atoms with Crippen LogP contribution in [0.3, 0.4) is 0 Å². The van der Waals surface area contributed by atoms with Crippen molar-refractivity contribution in [3.05, 3.63) is 84.0 Å². The molecule has 0 radical (unpaired) electrons. The second kappa shape index (κ2) is 8.16. The van der Waals surface area contributed by atoms with Crippen molar-refractivity contribution in [1.29, 1.82) is 0 Å². The van der Waals surface area contributed by atoms with Gasteiger partial charge >= 0.3 is 0 Å². The fourth-order valence-corrected chi connectivity index (χ4v) is 2.74. The Bertz CT molecular complexity index is 928. The van der Waals surface area contributed by atoms with Gasteiger partial charge in [0.1, 0.15) is 11.6 Å². The number of rotatable bonds is 6. The highest BCUT2D eigenvalue weighted by Gasteiger charge is 2.07. The molecule has 5 heteroatoms. The molecule has 2 aromatic carbocycles. The smallest absolute Gasteiger partial charge is 0.244 e. The number of hydrogen-bond donors (Lipinski definition) is 1. The molecule has 1 amide bonds. The summed E-state index contributed by atoms with van der Waals surface area (Å²) < 4.78 is 7.29. The number of para-hydroxylation sites is 2. The Morgan fingerprint density at radius 3 is 2.73 bits per heavy atom. The van der Waals surface area contributed by atoms with E-state index in [1.807, 2.05) is 66.2 Å². The zero-order valence-electron chi connectivity index (χ0n) is 14.8. The minimum absolute atomic E-state index is 0.159. The number of nitrogens with zero attached hydrogens (tertiary/aromatic N) is 2. The van der Waals surface area contributed by atoms with Gasteiger partial charge in [-0.05, 0) is 30.7 Å². The van der Waals surface area contributed by atoms with E-state index in [2.05, 4.69) is 10.3 Å². The van der Waals surface area contributed by atoms with Crippen LogP contribution >= 0.6 is 0 Å². The van der Waals surface area contributed by atoms with E-state index in [0.717, 1.165) is 28.4 Å². The molecule has 1 heterocycles. The zero-order chi connectivity index (χ0) is 18.4. The van der Waals surface area contributed by atoms with Crippen LogP contribution in [0.1, 0.15) is 17.0 Å². The van der Waals surface area contributed by atoms with Gasteiger partial charge in [-0.25, -0.2) is 4.98 Å². The van der Waals surface area contributed by atoms with Crippen molar-refractivity contribution in [2.24, 2.45) is 0 Å². The number of aryl methyl sites for hydroxylation is 1. The van der Waals surface area contributed by atoms with Gasteiger partial charge in [0.2, 0.25) is 5.91 Å². The van der Waals surface area contributed by atoms with Crippen LogP contribution in [-0.4, -0.2) is 22.6 Å². The van der Waals surface area contributed by atoms with Crippen LogP contribution in [-0.2, 0) is 11.3 Å². The average Bonchev–Trinajstić information content (AvgIpc) is 3.11. The largest absolute Gasteiger partial charge is 0.496 e. The molecule has 0 atom stereocenters. The monoisotopic (exact) mass is 347 g/mol. The number of methoxy groups -OCH3 is 1. The Kier molecular flexibility index (Phi) is 5.49. The Morgan fingerprint density at radius 2 is 1.96 bits per heavy atom. The van der Waals surface area contributed by atoms with E-state index < -0.39 is 0 Å². The number of aromatic nitrogens is 2. The maximum Gasteiger partial charge on any atom is 0.244 e. The quantitative estimate of drug-likeness (QED) is 0.694. The molecule has 0 spiro atoms. The van der Waals surface area contributed by atoms with Crippen molar-refractivity contribution < 1.29 is 9.53 Å². The number of amides is 1. The van der Waals surface area contributed by atoms with Gasteiger partial charge in [0, 0.05) is 30.6 Å². The van der Waals surface area contributed by atoms with E-state index in [1.54, 1.807) is 19.4 Å². The fraction of sp³-hybridized carbons (Fsp3) is 0.143. The van der Waals surface area contributed by atoms with Crippen molar-refractivity contribution in [1.82, 2.24) is 14.9 Å². The maximum atomic E-state index is 12.2. The first-order chi connectivity index (χ1) is 12.7. The van der Waals surface area contributed by atoms with Crippen molar-refractivity contribution in [3.8, 4) is 11.4 Å². The summed E-state index contributed by atoms with van der Waals surface area (Å²) in [7, 11) is 1.61. The molecule has 0 bridgehead atoms. The van der Waals surface area contributed by atoms with Crippen molar-refractivity contribution in [3.63, 3.8) is 0 Å². The third kappa shape index (κ3) is 4.00. The van der Waals surface area contributed by atoms with Gasteiger partial charge in [0.25, 0.3) is 0 Å². The summed E-state index contributed by atoms with van der Waals surface area (Å²) in [5.74, 6) is 1.48. The van der Waals surface area contributed by atoms with Gasteiger partial charge in [-0.2, -0.15) is 0 Å². The lowest BCUT2D eigenvalue weighted by Crippen LogP contribution is -2.21. The first kappa shape index (κ1) is 17.5. The predicted octanol–water partition coefficient (Wildman–Crippen LogP) is 3.52. The van der Waals surface area contributed by atoms with E-state index in [-0.39, 0.29) is 5.91 Å². The van der Waals surface area contributed by atoms with Gasteiger partial charge in [-0.3, -0.25) is 4.79 Å². The molecule has 132 valence electrons. The number of benzene rings is 2. The summed E-state index contributed by atoms with van der Waals surface area (Å²) in [5, 5.41) is 2.93. The Morgan fingerprint density at radius 1 is 1.19 bits per heavy atom. The van der Waals surface area contributed by atoms with E-state index >= 15 is 0 Å². The molecule has 0 unspecified atom stereocenters. The minimum atomic E-state index is -0.159. The Balaban J connectivity index is 1.69.